The smallest absolute Gasteiger partial charge is 0.0716 e. The van der Waals surface area contributed by atoms with Gasteiger partial charge >= 0.3 is 0 Å². The van der Waals surface area contributed by atoms with Crippen LogP contribution in [0.2, 0.25) is 0 Å². The third-order valence-electron chi connectivity index (χ3n) is 8.31. The molecule has 0 spiro atoms. The van der Waals surface area contributed by atoms with Crippen LogP contribution in [0.25, 0.3) is 39.1 Å². The second kappa shape index (κ2) is 21.9. The molecule has 0 heterocycles. The number of nitrogens with zero attached hydrogens (tertiary/aromatic N) is 2. The number of benzene rings is 5. The third-order valence-corrected chi connectivity index (χ3v) is 8.31. The van der Waals surface area contributed by atoms with Crippen LogP contribution in [0.3, 0.4) is 0 Å². The molecule has 0 saturated heterocycles. The van der Waals surface area contributed by atoms with Crippen LogP contribution in [0.4, 0.5) is 0 Å². The van der Waals surface area contributed by atoms with Crippen LogP contribution in [0, 0.1) is 0 Å². The Bertz CT molecular complexity index is 2020. The first-order valence-electron chi connectivity index (χ1n) is 17.8. The zero-order valence-electron chi connectivity index (χ0n) is 31.5. The molecular formula is C50H52N2. The quantitative estimate of drug-likeness (QED) is 0.0712. The summed E-state index contributed by atoms with van der Waals surface area (Å²) in [5.74, 6) is 0. The maximum atomic E-state index is 5.20. The van der Waals surface area contributed by atoms with Crippen LogP contribution >= 0.6 is 0 Å². The highest BCUT2D eigenvalue weighted by Gasteiger charge is 2.12. The van der Waals surface area contributed by atoms with Gasteiger partial charge in [0, 0.05) is 11.1 Å². The largest absolute Gasteiger partial charge is 0.280 e. The Balaban J connectivity index is 0.00000176. The molecule has 0 bridgehead atoms. The Kier molecular flexibility index (Phi) is 16.9. The molecule has 0 saturated carbocycles. The third kappa shape index (κ3) is 10.9. The highest BCUT2D eigenvalue weighted by Crippen LogP contribution is 2.31. The van der Waals surface area contributed by atoms with Crippen molar-refractivity contribution in [2.45, 2.75) is 41.2 Å². The normalized spacial score (nSPS) is 11.9. The SMILES string of the molecule is C=C.C=C/C(=C\C)c1ccc(/C(=C/C(=NCc2ccccc2)c2cc(-c3ccccc3)cc(-c3ccc(C(/C=C\C)=C/C)cc3)c2)N=C)cc1.CC. The zero-order valence-corrected chi connectivity index (χ0v) is 31.5. The molecule has 52 heavy (non-hydrogen) atoms. The highest BCUT2D eigenvalue weighted by molar-refractivity contribution is 6.13. The predicted octanol–water partition coefficient (Wildman–Crippen LogP) is 14.1. The predicted molar refractivity (Wildman–Crippen MR) is 233 cm³/mol. The number of allylic oxidation sites excluding steroid dienone is 8. The van der Waals surface area contributed by atoms with E-state index in [1.807, 2.05) is 58.0 Å². The topological polar surface area (TPSA) is 24.7 Å². The van der Waals surface area contributed by atoms with Crippen LogP contribution in [0.15, 0.2) is 194 Å². The fourth-order valence-electron chi connectivity index (χ4n) is 5.70. The van der Waals surface area contributed by atoms with Gasteiger partial charge in [0.15, 0.2) is 0 Å². The lowest BCUT2D eigenvalue weighted by Crippen LogP contribution is -2.02. The molecule has 2 nitrogen and oxygen atoms in total. The number of hydrogen-bond acceptors (Lipinski definition) is 2. The highest BCUT2D eigenvalue weighted by atomic mass is 14.8. The van der Waals surface area contributed by atoms with Crippen molar-refractivity contribution >= 4 is 29.3 Å². The second-order valence-corrected chi connectivity index (χ2v) is 11.4. The summed E-state index contributed by atoms with van der Waals surface area (Å²) in [5.41, 5.74) is 13.8. The summed E-state index contributed by atoms with van der Waals surface area (Å²) in [6.07, 6.45) is 12.3. The molecule has 0 amide bonds. The van der Waals surface area contributed by atoms with E-state index in [0.717, 1.165) is 61.5 Å². The van der Waals surface area contributed by atoms with Crippen molar-refractivity contribution in [2.75, 3.05) is 0 Å². The molecule has 0 atom stereocenters. The van der Waals surface area contributed by atoms with Gasteiger partial charge in [0.05, 0.1) is 18.0 Å². The van der Waals surface area contributed by atoms with Crippen molar-refractivity contribution in [2.24, 2.45) is 9.98 Å². The molecule has 0 fully saturated rings. The van der Waals surface area contributed by atoms with Crippen molar-refractivity contribution in [1.82, 2.24) is 0 Å². The second-order valence-electron chi connectivity index (χ2n) is 11.4. The summed E-state index contributed by atoms with van der Waals surface area (Å²) < 4.78 is 0. The van der Waals surface area contributed by atoms with E-state index in [9.17, 15) is 0 Å². The molecule has 5 aromatic carbocycles. The van der Waals surface area contributed by atoms with Gasteiger partial charge in [0.1, 0.15) is 0 Å². The van der Waals surface area contributed by atoms with E-state index in [1.165, 1.54) is 11.1 Å². The van der Waals surface area contributed by atoms with Gasteiger partial charge in [-0.05, 0) is 102 Å². The first-order chi connectivity index (χ1) is 25.6. The fraction of sp³-hybridized carbons (Fsp3) is 0.120. The summed E-state index contributed by atoms with van der Waals surface area (Å²) in [6.45, 7) is 24.6. The zero-order chi connectivity index (χ0) is 37.7. The molecule has 0 radical (unpaired) electrons. The Labute approximate surface area is 313 Å². The molecule has 2 heteroatoms. The molecule has 0 aliphatic heterocycles. The summed E-state index contributed by atoms with van der Waals surface area (Å²) in [4.78, 5) is 9.69. The lowest BCUT2D eigenvalue weighted by Gasteiger charge is -2.13. The maximum Gasteiger partial charge on any atom is 0.0716 e. The molecule has 0 aliphatic carbocycles. The van der Waals surface area contributed by atoms with Crippen molar-refractivity contribution < 1.29 is 0 Å². The fourth-order valence-corrected chi connectivity index (χ4v) is 5.70. The van der Waals surface area contributed by atoms with Crippen LogP contribution in [0.5, 0.6) is 0 Å². The maximum absolute atomic E-state index is 5.20. The van der Waals surface area contributed by atoms with Crippen molar-refractivity contribution in [1.29, 1.82) is 0 Å². The standard InChI is InChI=1S/C46H42N2.C2H6.C2H4/c1-6-16-36(9-4)39-21-23-40(24-22-39)43-29-42(37-19-14-11-15-20-37)30-44(31-43)46(48-33-34-17-12-10-13-18-34)32-45(47-5)41-27-25-38(26-28-41)35(7-2)8-3;2*1-2/h6-32H,2,5,33H2,1,3-4H3;1-2H3;1-2H2/b16-6-,35-8+,36-9+,45-32-,48-46?;;. The van der Waals surface area contributed by atoms with Gasteiger partial charge < -0.3 is 0 Å². The molecule has 0 aromatic heterocycles. The molecule has 0 N–H and O–H groups in total. The van der Waals surface area contributed by atoms with E-state index in [2.05, 4.69) is 172 Å². The van der Waals surface area contributed by atoms with Crippen molar-refractivity contribution in [3.8, 4) is 22.3 Å². The van der Waals surface area contributed by atoms with Crippen LogP contribution in [-0.2, 0) is 6.54 Å². The van der Waals surface area contributed by atoms with E-state index >= 15 is 0 Å². The molecular weight excluding hydrogens is 629 g/mol. The van der Waals surface area contributed by atoms with Gasteiger partial charge in [-0.25, -0.2) is 0 Å². The minimum atomic E-state index is 0.538. The molecule has 262 valence electrons. The monoisotopic (exact) mass is 680 g/mol. The van der Waals surface area contributed by atoms with Gasteiger partial charge in [-0.3, -0.25) is 9.98 Å². The van der Waals surface area contributed by atoms with Crippen molar-refractivity contribution in [3.05, 3.63) is 211 Å². The van der Waals surface area contributed by atoms with Gasteiger partial charge in [0.2, 0.25) is 0 Å². The lowest BCUT2D eigenvalue weighted by molar-refractivity contribution is 1.07. The van der Waals surface area contributed by atoms with E-state index in [0.29, 0.717) is 6.54 Å². The first-order valence-corrected chi connectivity index (χ1v) is 17.8. The Morgan fingerprint density at radius 1 is 0.577 bits per heavy atom. The lowest BCUT2D eigenvalue weighted by atomic mass is 9.93. The van der Waals surface area contributed by atoms with Gasteiger partial charge in [-0.1, -0.05) is 160 Å². The average Bonchev–Trinajstić information content (AvgIpc) is 3.23. The molecule has 5 aromatic rings. The van der Waals surface area contributed by atoms with Gasteiger partial charge in [0.25, 0.3) is 0 Å². The first kappa shape index (κ1) is 40.3. The summed E-state index contributed by atoms with van der Waals surface area (Å²) >= 11 is 0. The Morgan fingerprint density at radius 2 is 1.08 bits per heavy atom. The van der Waals surface area contributed by atoms with Gasteiger partial charge in [-0.15, -0.1) is 13.2 Å². The van der Waals surface area contributed by atoms with E-state index in [4.69, 9.17) is 4.99 Å². The summed E-state index contributed by atoms with van der Waals surface area (Å²) in [7, 11) is 0. The van der Waals surface area contributed by atoms with Crippen LogP contribution in [0.1, 0.15) is 62.4 Å². The van der Waals surface area contributed by atoms with E-state index in [-0.39, 0.29) is 0 Å². The molecule has 0 aliphatic rings. The summed E-state index contributed by atoms with van der Waals surface area (Å²) in [6, 6.07) is 44.7. The Hall–Kier alpha value is -6.12. The van der Waals surface area contributed by atoms with E-state index < -0.39 is 0 Å². The molecule has 5 rings (SSSR count). The van der Waals surface area contributed by atoms with E-state index in [1.54, 1.807) is 0 Å². The van der Waals surface area contributed by atoms with Crippen LogP contribution < -0.4 is 0 Å². The minimum absolute atomic E-state index is 0.538. The minimum Gasteiger partial charge on any atom is -0.280 e. The summed E-state index contributed by atoms with van der Waals surface area (Å²) in [5, 5.41) is 0. The Morgan fingerprint density at radius 3 is 1.60 bits per heavy atom. The van der Waals surface area contributed by atoms with Crippen molar-refractivity contribution in [3.63, 3.8) is 0 Å². The number of rotatable bonds is 12. The average molecular weight is 681 g/mol. The van der Waals surface area contributed by atoms with Gasteiger partial charge in [-0.2, -0.15) is 0 Å². The number of hydrogen-bond donors (Lipinski definition) is 0. The molecule has 0 unspecified atom stereocenters. The van der Waals surface area contributed by atoms with Crippen LogP contribution in [-0.4, -0.2) is 12.4 Å². The number of aliphatic imine (C=N–C) groups is 2.